The van der Waals surface area contributed by atoms with Gasteiger partial charge in [0, 0.05) is 24.7 Å². The van der Waals surface area contributed by atoms with Crippen molar-refractivity contribution in [1.82, 2.24) is 0 Å². The van der Waals surface area contributed by atoms with Gasteiger partial charge >= 0.3 is 0 Å². The summed E-state index contributed by atoms with van der Waals surface area (Å²) >= 11 is 0. The van der Waals surface area contributed by atoms with Crippen molar-refractivity contribution >= 4 is 11.6 Å². The zero-order valence-corrected chi connectivity index (χ0v) is 12.6. The van der Waals surface area contributed by atoms with Crippen LogP contribution in [-0.2, 0) is 10.2 Å². The summed E-state index contributed by atoms with van der Waals surface area (Å²) in [6, 6.07) is 4.35. The lowest BCUT2D eigenvalue weighted by molar-refractivity contribution is -0.117. The van der Waals surface area contributed by atoms with Crippen molar-refractivity contribution in [2.75, 3.05) is 11.4 Å². The van der Waals surface area contributed by atoms with Crippen LogP contribution in [0.15, 0.2) is 12.1 Å². The van der Waals surface area contributed by atoms with E-state index in [1.807, 2.05) is 4.90 Å². The van der Waals surface area contributed by atoms with Gasteiger partial charge in [-0.1, -0.05) is 32.9 Å². The number of anilines is 1. The molecule has 0 radical (unpaired) electrons. The Bertz CT molecular complexity index is 491. The Hall–Kier alpha value is -1.35. The molecule has 2 N–H and O–H groups in total. The summed E-state index contributed by atoms with van der Waals surface area (Å²) < 4.78 is 0. The Kier molecular flexibility index (Phi) is 3.43. The second kappa shape index (κ2) is 4.64. The number of carbonyl (C=O) groups excluding carboxylic acids is 1. The highest BCUT2D eigenvalue weighted by Crippen LogP contribution is 2.33. The fraction of sp³-hybridized carbons (Fsp3) is 0.562. The number of nitrogens with zero attached hydrogens (tertiary/aromatic N) is 1. The van der Waals surface area contributed by atoms with Crippen LogP contribution in [0.5, 0.6) is 0 Å². The molecular weight excluding hydrogens is 236 g/mol. The summed E-state index contributed by atoms with van der Waals surface area (Å²) in [5, 5.41) is 0. The lowest BCUT2D eigenvalue weighted by atomic mass is 9.84. The molecule has 1 aliphatic heterocycles. The van der Waals surface area contributed by atoms with Gasteiger partial charge in [-0.2, -0.15) is 0 Å². The monoisotopic (exact) mass is 260 g/mol. The van der Waals surface area contributed by atoms with Gasteiger partial charge in [0.05, 0.1) is 0 Å². The number of amides is 1. The molecule has 1 aromatic carbocycles. The van der Waals surface area contributed by atoms with E-state index < -0.39 is 0 Å². The minimum atomic E-state index is -0.0337. The first-order valence-corrected chi connectivity index (χ1v) is 6.88. The first-order valence-electron chi connectivity index (χ1n) is 6.88. The van der Waals surface area contributed by atoms with Crippen LogP contribution >= 0.6 is 0 Å². The maximum Gasteiger partial charge on any atom is 0.228 e. The quantitative estimate of drug-likeness (QED) is 0.844. The molecule has 104 valence electrons. The first-order chi connectivity index (χ1) is 8.70. The molecular formula is C16H24N2O. The Morgan fingerprint density at radius 2 is 1.74 bits per heavy atom. The summed E-state index contributed by atoms with van der Waals surface area (Å²) in [4.78, 5) is 13.9. The van der Waals surface area contributed by atoms with Gasteiger partial charge in [0.1, 0.15) is 0 Å². The average Bonchev–Trinajstić information content (AvgIpc) is 2.55. The third kappa shape index (κ3) is 2.66. The molecule has 0 aliphatic carbocycles. The maximum atomic E-state index is 12.0. The zero-order chi connectivity index (χ0) is 14.4. The van der Waals surface area contributed by atoms with E-state index in [0.29, 0.717) is 13.0 Å². The number of hydrogen-bond acceptors (Lipinski definition) is 2. The smallest absolute Gasteiger partial charge is 0.228 e. The lowest BCUT2D eigenvalue weighted by Gasteiger charge is -2.26. The van der Waals surface area contributed by atoms with E-state index in [0.717, 1.165) is 16.8 Å². The van der Waals surface area contributed by atoms with Crippen molar-refractivity contribution in [3.8, 4) is 0 Å². The number of rotatable bonds is 1. The summed E-state index contributed by atoms with van der Waals surface area (Å²) in [6.07, 6.45) is 0.458. The summed E-state index contributed by atoms with van der Waals surface area (Å²) in [5.74, 6) is 0.141. The number of carbonyl (C=O) groups is 1. The molecule has 1 fully saturated rings. The highest BCUT2D eigenvalue weighted by Gasteiger charge is 2.30. The van der Waals surface area contributed by atoms with Crippen LogP contribution in [0, 0.1) is 13.8 Å². The molecule has 2 rings (SSSR count). The van der Waals surface area contributed by atoms with E-state index in [-0.39, 0.29) is 17.4 Å². The van der Waals surface area contributed by atoms with Crippen molar-refractivity contribution in [3.63, 3.8) is 0 Å². The molecule has 0 aromatic heterocycles. The van der Waals surface area contributed by atoms with Crippen LogP contribution in [0.3, 0.4) is 0 Å². The van der Waals surface area contributed by atoms with E-state index in [2.05, 4.69) is 46.8 Å². The molecule has 3 heteroatoms. The van der Waals surface area contributed by atoms with Gasteiger partial charge in [-0.3, -0.25) is 4.79 Å². The third-order valence-corrected chi connectivity index (χ3v) is 3.78. The van der Waals surface area contributed by atoms with Crippen LogP contribution < -0.4 is 10.6 Å². The van der Waals surface area contributed by atoms with Crippen LogP contribution in [0.2, 0.25) is 0 Å². The molecule has 1 heterocycles. The van der Waals surface area contributed by atoms with Crippen LogP contribution in [0.1, 0.15) is 43.9 Å². The highest BCUT2D eigenvalue weighted by molar-refractivity contribution is 5.97. The van der Waals surface area contributed by atoms with E-state index >= 15 is 0 Å². The molecule has 0 spiro atoms. The van der Waals surface area contributed by atoms with Gasteiger partial charge < -0.3 is 10.6 Å². The van der Waals surface area contributed by atoms with Gasteiger partial charge in [-0.05, 0) is 36.0 Å². The van der Waals surface area contributed by atoms with Crippen molar-refractivity contribution in [2.45, 2.75) is 52.5 Å². The third-order valence-electron chi connectivity index (χ3n) is 3.78. The van der Waals surface area contributed by atoms with E-state index in [1.54, 1.807) is 0 Å². The number of benzene rings is 1. The Balaban J connectivity index is 2.46. The lowest BCUT2D eigenvalue weighted by Crippen LogP contribution is -2.29. The zero-order valence-electron chi connectivity index (χ0n) is 12.6. The van der Waals surface area contributed by atoms with Crippen molar-refractivity contribution in [3.05, 3.63) is 28.8 Å². The number of nitrogens with two attached hydrogens (primary N) is 1. The number of hydrogen-bond donors (Lipinski definition) is 1. The standard InChI is InChI=1S/C16H24N2O/c1-10-6-12(16(3,4)5)7-11(2)15(10)18-9-13(17)8-14(18)19/h6-7,13H,8-9,17H2,1-5H3. The predicted molar refractivity (Wildman–Crippen MR) is 79.6 cm³/mol. The van der Waals surface area contributed by atoms with Crippen LogP contribution in [-0.4, -0.2) is 18.5 Å². The summed E-state index contributed by atoms with van der Waals surface area (Å²) in [7, 11) is 0. The molecule has 1 aromatic rings. The minimum Gasteiger partial charge on any atom is -0.326 e. The Morgan fingerprint density at radius 1 is 1.21 bits per heavy atom. The number of aryl methyl sites for hydroxylation is 2. The minimum absolute atomic E-state index is 0.0337. The predicted octanol–water partition coefficient (Wildman–Crippen LogP) is 2.66. The average molecular weight is 260 g/mol. The molecule has 1 saturated heterocycles. The fourth-order valence-corrected chi connectivity index (χ4v) is 2.77. The van der Waals surface area contributed by atoms with Gasteiger partial charge in [0.15, 0.2) is 0 Å². The van der Waals surface area contributed by atoms with Gasteiger partial charge in [-0.15, -0.1) is 0 Å². The summed E-state index contributed by atoms with van der Waals surface area (Å²) in [6.45, 7) is 11.4. The second-order valence-electron chi connectivity index (χ2n) is 6.68. The maximum absolute atomic E-state index is 12.0. The van der Waals surface area contributed by atoms with Gasteiger partial charge in [0.2, 0.25) is 5.91 Å². The van der Waals surface area contributed by atoms with Crippen molar-refractivity contribution in [1.29, 1.82) is 0 Å². The normalized spacial score (nSPS) is 20.2. The molecule has 1 atom stereocenters. The molecule has 1 amide bonds. The largest absolute Gasteiger partial charge is 0.326 e. The van der Waals surface area contributed by atoms with Crippen molar-refractivity contribution < 1.29 is 4.79 Å². The highest BCUT2D eigenvalue weighted by atomic mass is 16.2. The molecule has 3 nitrogen and oxygen atoms in total. The van der Waals surface area contributed by atoms with Crippen LogP contribution in [0.25, 0.3) is 0 Å². The van der Waals surface area contributed by atoms with E-state index in [1.165, 1.54) is 5.56 Å². The molecule has 1 aliphatic rings. The van der Waals surface area contributed by atoms with Crippen LogP contribution in [0.4, 0.5) is 5.69 Å². The second-order valence-corrected chi connectivity index (χ2v) is 6.68. The molecule has 19 heavy (non-hydrogen) atoms. The topological polar surface area (TPSA) is 46.3 Å². The van der Waals surface area contributed by atoms with Crippen molar-refractivity contribution in [2.24, 2.45) is 5.73 Å². The van der Waals surface area contributed by atoms with Gasteiger partial charge in [0.25, 0.3) is 0 Å². The van der Waals surface area contributed by atoms with E-state index in [9.17, 15) is 4.79 Å². The Labute approximate surface area is 115 Å². The Morgan fingerprint density at radius 3 is 2.11 bits per heavy atom. The molecule has 0 bridgehead atoms. The SMILES string of the molecule is Cc1cc(C(C)(C)C)cc(C)c1N1CC(N)CC1=O. The molecule has 1 unspecified atom stereocenters. The first kappa shape index (κ1) is 14.1. The molecule has 0 saturated carbocycles. The fourth-order valence-electron chi connectivity index (χ4n) is 2.77. The van der Waals surface area contributed by atoms with E-state index in [4.69, 9.17) is 5.73 Å². The summed E-state index contributed by atoms with van der Waals surface area (Å²) in [5.41, 5.74) is 10.7. The van der Waals surface area contributed by atoms with Gasteiger partial charge in [-0.25, -0.2) is 0 Å².